The van der Waals surface area contributed by atoms with Gasteiger partial charge in [0, 0.05) is 0 Å². The zero-order chi connectivity index (χ0) is 18.4. The molecule has 2 heteroatoms. The third-order valence-electron chi connectivity index (χ3n) is 5.74. The fourth-order valence-corrected chi connectivity index (χ4v) is 4.31. The van der Waals surface area contributed by atoms with Gasteiger partial charge in [-0.3, -0.25) is 0 Å². The van der Waals surface area contributed by atoms with Crippen molar-refractivity contribution in [3.05, 3.63) is 59.7 Å². The lowest BCUT2D eigenvalue weighted by atomic mass is 9.76. The van der Waals surface area contributed by atoms with Gasteiger partial charge in [-0.2, -0.15) is 5.26 Å². The highest BCUT2D eigenvalue weighted by Gasteiger charge is 2.42. The summed E-state index contributed by atoms with van der Waals surface area (Å²) in [5, 5.41) is 10.2. The standard InChI is InChI=1S/C24H30N2/c1-3-4-5-10-17-26(2)18-11-16-24(19-25)22-14-8-6-12-20(22)21-13-7-9-15-23(21)24/h6-9,12-15H,3-5,10-11,16-18H2,1-2H3. The second kappa shape index (κ2) is 8.52. The maximum atomic E-state index is 10.2. The van der Waals surface area contributed by atoms with E-state index in [2.05, 4.69) is 73.5 Å². The number of hydrogen-bond donors (Lipinski definition) is 0. The van der Waals surface area contributed by atoms with E-state index in [0.29, 0.717) is 0 Å². The fourth-order valence-electron chi connectivity index (χ4n) is 4.31. The Balaban J connectivity index is 1.71. The summed E-state index contributed by atoms with van der Waals surface area (Å²) in [5.74, 6) is 0. The number of hydrogen-bond acceptors (Lipinski definition) is 2. The van der Waals surface area contributed by atoms with E-state index >= 15 is 0 Å². The lowest BCUT2D eigenvalue weighted by Gasteiger charge is -2.25. The molecular weight excluding hydrogens is 316 g/mol. The van der Waals surface area contributed by atoms with Crippen molar-refractivity contribution in [1.82, 2.24) is 4.90 Å². The molecule has 0 atom stereocenters. The molecule has 0 N–H and O–H groups in total. The highest BCUT2D eigenvalue weighted by atomic mass is 15.1. The third kappa shape index (κ3) is 3.55. The molecule has 1 aliphatic rings. The summed E-state index contributed by atoms with van der Waals surface area (Å²) in [6.45, 7) is 4.47. The Morgan fingerprint density at radius 1 is 0.846 bits per heavy atom. The molecule has 26 heavy (non-hydrogen) atoms. The quantitative estimate of drug-likeness (QED) is 0.539. The van der Waals surface area contributed by atoms with Gasteiger partial charge >= 0.3 is 0 Å². The van der Waals surface area contributed by atoms with Crippen LogP contribution in [0.4, 0.5) is 0 Å². The predicted octanol–water partition coefficient (Wildman–Crippen LogP) is 5.77. The van der Waals surface area contributed by atoms with Gasteiger partial charge in [0.15, 0.2) is 0 Å². The highest BCUT2D eigenvalue weighted by Crippen LogP contribution is 2.50. The minimum atomic E-state index is -0.490. The van der Waals surface area contributed by atoms with Crippen LogP contribution in [0.3, 0.4) is 0 Å². The molecule has 2 nitrogen and oxygen atoms in total. The SMILES string of the molecule is CCCCCCN(C)CCCC1(C#N)c2ccccc2-c2ccccc21. The topological polar surface area (TPSA) is 27.0 Å². The molecule has 0 unspecified atom stereocenters. The Morgan fingerprint density at radius 2 is 1.42 bits per heavy atom. The van der Waals surface area contributed by atoms with Crippen LogP contribution in [0.15, 0.2) is 48.5 Å². The monoisotopic (exact) mass is 346 g/mol. The van der Waals surface area contributed by atoms with E-state index in [4.69, 9.17) is 0 Å². The van der Waals surface area contributed by atoms with Gasteiger partial charge in [0.1, 0.15) is 5.41 Å². The summed E-state index contributed by atoms with van der Waals surface area (Å²) < 4.78 is 0. The Morgan fingerprint density at radius 3 is 2.00 bits per heavy atom. The molecule has 0 aromatic heterocycles. The van der Waals surface area contributed by atoms with Crippen LogP contribution in [-0.4, -0.2) is 25.0 Å². The van der Waals surface area contributed by atoms with Crippen LogP contribution in [0, 0.1) is 11.3 Å². The Kier molecular flexibility index (Phi) is 6.12. The van der Waals surface area contributed by atoms with Gasteiger partial charge in [-0.15, -0.1) is 0 Å². The second-order valence-electron chi connectivity index (χ2n) is 7.58. The van der Waals surface area contributed by atoms with Crippen molar-refractivity contribution in [3.8, 4) is 17.2 Å². The molecule has 0 bridgehead atoms. The molecule has 1 aliphatic carbocycles. The molecule has 0 fully saturated rings. The van der Waals surface area contributed by atoms with E-state index in [0.717, 1.165) is 25.9 Å². The number of fused-ring (bicyclic) bond motifs is 3. The van der Waals surface area contributed by atoms with Crippen LogP contribution in [0.2, 0.25) is 0 Å². The van der Waals surface area contributed by atoms with Gasteiger partial charge in [-0.1, -0.05) is 74.7 Å². The molecule has 3 rings (SSSR count). The van der Waals surface area contributed by atoms with Gasteiger partial charge in [-0.05, 0) is 61.7 Å². The van der Waals surface area contributed by atoms with Gasteiger partial charge in [-0.25, -0.2) is 0 Å². The van der Waals surface area contributed by atoms with E-state index in [1.54, 1.807) is 0 Å². The van der Waals surface area contributed by atoms with Crippen molar-refractivity contribution in [2.75, 3.05) is 20.1 Å². The van der Waals surface area contributed by atoms with Crippen molar-refractivity contribution in [2.24, 2.45) is 0 Å². The third-order valence-corrected chi connectivity index (χ3v) is 5.74. The molecule has 0 radical (unpaired) electrons. The first-order valence-corrected chi connectivity index (χ1v) is 10.0. The predicted molar refractivity (Wildman–Crippen MR) is 109 cm³/mol. The summed E-state index contributed by atoms with van der Waals surface area (Å²) in [6, 6.07) is 19.6. The number of benzene rings is 2. The first-order valence-electron chi connectivity index (χ1n) is 10.0. The maximum Gasteiger partial charge on any atom is 0.108 e. The molecule has 0 aliphatic heterocycles. The molecule has 136 valence electrons. The Hall–Kier alpha value is -2.11. The van der Waals surface area contributed by atoms with E-state index < -0.39 is 5.41 Å². The molecule has 0 saturated heterocycles. The summed E-state index contributed by atoms with van der Waals surface area (Å²) in [6.07, 6.45) is 7.15. The number of nitriles is 1. The van der Waals surface area contributed by atoms with Crippen LogP contribution < -0.4 is 0 Å². The highest BCUT2D eigenvalue weighted by molar-refractivity contribution is 5.82. The Labute approximate surface area is 158 Å². The average molecular weight is 347 g/mol. The van der Waals surface area contributed by atoms with Crippen LogP contribution in [0.25, 0.3) is 11.1 Å². The zero-order valence-electron chi connectivity index (χ0n) is 16.2. The number of rotatable bonds is 9. The first-order chi connectivity index (χ1) is 12.7. The minimum Gasteiger partial charge on any atom is -0.306 e. The van der Waals surface area contributed by atoms with Crippen LogP contribution >= 0.6 is 0 Å². The van der Waals surface area contributed by atoms with Crippen molar-refractivity contribution in [2.45, 2.75) is 50.9 Å². The Bertz CT molecular complexity index is 726. The molecule has 2 aromatic carbocycles. The first kappa shape index (κ1) is 18.7. The molecule has 0 amide bonds. The molecule has 0 saturated carbocycles. The second-order valence-corrected chi connectivity index (χ2v) is 7.58. The van der Waals surface area contributed by atoms with E-state index in [1.165, 1.54) is 47.9 Å². The van der Waals surface area contributed by atoms with Gasteiger partial charge in [0.25, 0.3) is 0 Å². The molecule has 0 heterocycles. The van der Waals surface area contributed by atoms with Crippen LogP contribution in [0.1, 0.15) is 56.6 Å². The van der Waals surface area contributed by atoms with Gasteiger partial charge in [0.2, 0.25) is 0 Å². The van der Waals surface area contributed by atoms with Crippen LogP contribution in [-0.2, 0) is 5.41 Å². The molecule has 0 spiro atoms. The summed E-state index contributed by atoms with van der Waals surface area (Å²) in [5.41, 5.74) is 4.36. The maximum absolute atomic E-state index is 10.2. The van der Waals surface area contributed by atoms with E-state index in [-0.39, 0.29) is 0 Å². The van der Waals surface area contributed by atoms with Crippen LogP contribution in [0.5, 0.6) is 0 Å². The summed E-state index contributed by atoms with van der Waals surface area (Å²) >= 11 is 0. The summed E-state index contributed by atoms with van der Waals surface area (Å²) in [4.78, 5) is 2.42. The number of unbranched alkanes of at least 4 members (excludes halogenated alkanes) is 3. The van der Waals surface area contributed by atoms with E-state index in [1.807, 2.05) is 0 Å². The largest absolute Gasteiger partial charge is 0.306 e. The summed E-state index contributed by atoms with van der Waals surface area (Å²) in [7, 11) is 2.21. The van der Waals surface area contributed by atoms with Gasteiger partial charge in [0.05, 0.1) is 6.07 Å². The molecule has 2 aromatic rings. The van der Waals surface area contributed by atoms with Crippen molar-refractivity contribution in [3.63, 3.8) is 0 Å². The van der Waals surface area contributed by atoms with Gasteiger partial charge < -0.3 is 4.90 Å². The number of nitrogens with zero attached hydrogens (tertiary/aromatic N) is 2. The van der Waals surface area contributed by atoms with E-state index in [9.17, 15) is 5.26 Å². The normalized spacial score (nSPS) is 14.1. The minimum absolute atomic E-state index is 0.490. The van der Waals surface area contributed by atoms with Crippen molar-refractivity contribution < 1.29 is 0 Å². The lowest BCUT2D eigenvalue weighted by molar-refractivity contribution is 0.310. The fraction of sp³-hybridized carbons (Fsp3) is 0.458. The smallest absolute Gasteiger partial charge is 0.108 e. The average Bonchev–Trinajstić information content (AvgIpc) is 2.96. The lowest BCUT2D eigenvalue weighted by Crippen LogP contribution is -2.27. The van der Waals surface area contributed by atoms with Crippen molar-refractivity contribution >= 4 is 0 Å². The molecular formula is C24H30N2. The van der Waals surface area contributed by atoms with Crippen molar-refractivity contribution in [1.29, 1.82) is 5.26 Å². The zero-order valence-corrected chi connectivity index (χ0v) is 16.2.